The van der Waals surface area contributed by atoms with E-state index in [1.54, 1.807) is 0 Å². The summed E-state index contributed by atoms with van der Waals surface area (Å²) in [5.74, 6) is -0.290. The lowest BCUT2D eigenvalue weighted by molar-refractivity contribution is 0.522. The molecule has 1 aliphatic rings. The van der Waals surface area contributed by atoms with Crippen molar-refractivity contribution in [2.24, 2.45) is 5.92 Å². The number of hydrogen-bond acceptors (Lipinski definition) is 3. The van der Waals surface area contributed by atoms with Gasteiger partial charge in [-0.15, -0.1) is 0 Å². The van der Waals surface area contributed by atoms with E-state index in [4.69, 9.17) is 0 Å². The second-order valence-corrected chi connectivity index (χ2v) is 8.44. The Morgan fingerprint density at radius 2 is 1.71 bits per heavy atom. The summed E-state index contributed by atoms with van der Waals surface area (Å²) in [4.78, 5) is 0. The number of nitrogens with zero attached hydrogens (tertiary/aromatic N) is 1. The fourth-order valence-corrected chi connectivity index (χ4v) is 5.41. The van der Waals surface area contributed by atoms with Crippen molar-refractivity contribution in [2.45, 2.75) is 57.0 Å². The largest absolute Gasteiger partial charge is 0.228 e. The van der Waals surface area contributed by atoms with Crippen molar-refractivity contribution in [1.82, 2.24) is 0 Å². The van der Waals surface area contributed by atoms with Gasteiger partial charge in [-0.3, -0.25) is 0 Å². The Kier molecular flexibility index (Phi) is 5.05. The van der Waals surface area contributed by atoms with Crippen molar-refractivity contribution in [3.63, 3.8) is 0 Å². The van der Waals surface area contributed by atoms with E-state index in [0.29, 0.717) is 12.8 Å². The van der Waals surface area contributed by atoms with Crippen molar-refractivity contribution in [1.29, 1.82) is 5.26 Å². The highest BCUT2D eigenvalue weighted by Crippen LogP contribution is 2.30. The lowest BCUT2D eigenvalue weighted by Gasteiger charge is -2.20. The van der Waals surface area contributed by atoms with Crippen molar-refractivity contribution >= 4 is 9.84 Å². The summed E-state index contributed by atoms with van der Waals surface area (Å²) in [5.41, 5.74) is 3.00. The molecule has 0 bridgehead atoms. The maximum Gasteiger partial charge on any atom is 0.158 e. The molecule has 0 aliphatic heterocycles. The average Bonchev–Trinajstić information content (AvgIpc) is 2.62. The predicted octanol–water partition coefficient (Wildman–Crippen LogP) is 3.69. The van der Waals surface area contributed by atoms with Crippen LogP contribution in [0.3, 0.4) is 0 Å². The zero-order chi connectivity index (χ0) is 15.5. The van der Waals surface area contributed by atoms with Crippen LogP contribution >= 0.6 is 0 Å². The number of benzene rings is 1. The van der Waals surface area contributed by atoms with E-state index in [1.807, 2.05) is 32.0 Å². The third-order valence-electron chi connectivity index (χ3n) is 4.23. The molecule has 1 aromatic rings. The Morgan fingerprint density at radius 3 is 2.33 bits per heavy atom. The lowest BCUT2D eigenvalue weighted by Crippen LogP contribution is -2.29. The van der Waals surface area contributed by atoms with Gasteiger partial charge < -0.3 is 0 Å². The molecule has 2 rings (SSSR count). The first-order chi connectivity index (χ1) is 9.92. The molecule has 1 saturated carbocycles. The maximum absolute atomic E-state index is 12.7. The van der Waals surface area contributed by atoms with Crippen LogP contribution in [-0.4, -0.2) is 13.7 Å². The van der Waals surface area contributed by atoms with Gasteiger partial charge in [-0.05, 0) is 32.3 Å². The van der Waals surface area contributed by atoms with Crippen molar-refractivity contribution < 1.29 is 8.42 Å². The van der Waals surface area contributed by atoms with Gasteiger partial charge in [-0.1, -0.05) is 48.6 Å². The fourth-order valence-electron chi connectivity index (χ4n) is 3.34. The topological polar surface area (TPSA) is 57.9 Å². The summed E-state index contributed by atoms with van der Waals surface area (Å²) < 4.78 is 25.5. The molecule has 0 saturated heterocycles. The predicted molar refractivity (Wildman–Crippen MR) is 84.5 cm³/mol. The van der Waals surface area contributed by atoms with Gasteiger partial charge >= 0.3 is 0 Å². The minimum absolute atomic E-state index is 0.0539. The van der Waals surface area contributed by atoms with Gasteiger partial charge in [0, 0.05) is 0 Å². The molecule has 4 heteroatoms. The van der Waals surface area contributed by atoms with E-state index in [0.717, 1.165) is 36.0 Å². The summed E-state index contributed by atoms with van der Waals surface area (Å²) in [6.45, 7) is 3.96. The molecule has 0 aromatic heterocycles. The van der Waals surface area contributed by atoms with E-state index in [-0.39, 0.29) is 11.7 Å². The maximum atomic E-state index is 12.7. The van der Waals surface area contributed by atoms with Crippen LogP contribution in [-0.2, 0) is 15.6 Å². The standard InChI is InChI=1S/C17H23NO2S/c1-13-8-14(2)10-15(9-13)12-21(19,20)17-7-5-3-4-6-16(17)11-18/h8-10,16-17H,3-7,12H2,1-2H3. The Bertz CT molecular complexity index is 623. The molecule has 21 heavy (non-hydrogen) atoms. The number of nitriles is 1. The van der Waals surface area contributed by atoms with Crippen LogP contribution in [0.25, 0.3) is 0 Å². The number of hydrogen-bond donors (Lipinski definition) is 0. The van der Waals surface area contributed by atoms with Crippen molar-refractivity contribution in [3.05, 3.63) is 34.9 Å². The third-order valence-corrected chi connectivity index (χ3v) is 6.45. The first-order valence-corrected chi connectivity index (χ1v) is 9.32. The van der Waals surface area contributed by atoms with Gasteiger partial charge in [0.2, 0.25) is 0 Å². The highest BCUT2D eigenvalue weighted by Gasteiger charge is 2.34. The van der Waals surface area contributed by atoms with Gasteiger partial charge in [0.15, 0.2) is 9.84 Å². The first kappa shape index (κ1) is 16.0. The smallest absolute Gasteiger partial charge is 0.158 e. The van der Waals surface area contributed by atoms with Crippen molar-refractivity contribution in [2.75, 3.05) is 0 Å². The summed E-state index contributed by atoms with van der Waals surface area (Å²) in [5, 5.41) is 8.80. The zero-order valence-electron chi connectivity index (χ0n) is 12.8. The second kappa shape index (κ2) is 6.62. The highest BCUT2D eigenvalue weighted by atomic mass is 32.2. The van der Waals surface area contributed by atoms with Crippen LogP contribution in [0.15, 0.2) is 18.2 Å². The van der Waals surface area contributed by atoms with Crippen LogP contribution in [0.2, 0.25) is 0 Å². The minimum atomic E-state index is -3.28. The van der Waals surface area contributed by atoms with Gasteiger partial charge in [-0.25, -0.2) is 8.42 Å². The number of rotatable bonds is 3. The fraction of sp³-hybridized carbons (Fsp3) is 0.588. The van der Waals surface area contributed by atoms with E-state index in [2.05, 4.69) is 6.07 Å². The van der Waals surface area contributed by atoms with E-state index in [9.17, 15) is 13.7 Å². The molecule has 114 valence electrons. The average molecular weight is 305 g/mol. The Morgan fingerprint density at radius 1 is 1.10 bits per heavy atom. The molecule has 2 atom stereocenters. The van der Waals surface area contributed by atoms with Gasteiger partial charge in [-0.2, -0.15) is 5.26 Å². The van der Waals surface area contributed by atoms with Crippen LogP contribution in [0, 0.1) is 31.1 Å². The number of aryl methyl sites for hydroxylation is 2. The first-order valence-electron chi connectivity index (χ1n) is 7.61. The summed E-state index contributed by atoms with van der Waals surface area (Å²) in [6, 6.07) is 8.14. The normalized spacial score (nSPS) is 23.3. The van der Waals surface area contributed by atoms with E-state index >= 15 is 0 Å². The molecular formula is C17H23NO2S. The molecule has 0 spiro atoms. The molecule has 0 amide bonds. The van der Waals surface area contributed by atoms with Crippen LogP contribution in [0.1, 0.15) is 48.8 Å². The lowest BCUT2D eigenvalue weighted by atomic mass is 10.0. The molecule has 1 fully saturated rings. The van der Waals surface area contributed by atoms with E-state index < -0.39 is 15.1 Å². The summed E-state index contributed by atoms with van der Waals surface area (Å²) in [6.07, 6.45) is 4.26. The summed E-state index contributed by atoms with van der Waals surface area (Å²) >= 11 is 0. The molecule has 0 radical (unpaired) electrons. The molecule has 0 N–H and O–H groups in total. The molecule has 0 heterocycles. The number of sulfone groups is 1. The van der Waals surface area contributed by atoms with E-state index in [1.165, 1.54) is 0 Å². The molecule has 1 aliphatic carbocycles. The quantitative estimate of drug-likeness (QED) is 0.800. The van der Waals surface area contributed by atoms with Gasteiger partial charge in [0.1, 0.15) is 0 Å². The molecule has 3 nitrogen and oxygen atoms in total. The van der Waals surface area contributed by atoms with Gasteiger partial charge in [0.05, 0.1) is 23.0 Å². The Hall–Kier alpha value is -1.34. The Labute approximate surface area is 127 Å². The second-order valence-electron chi connectivity index (χ2n) is 6.22. The van der Waals surface area contributed by atoms with Crippen LogP contribution in [0.5, 0.6) is 0 Å². The third kappa shape index (κ3) is 4.07. The minimum Gasteiger partial charge on any atom is -0.228 e. The van der Waals surface area contributed by atoms with Crippen molar-refractivity contribution in [3.8, 4) is 6.07 Å². The van der Waals surface area contributed by atoms with Crippen LogP contribution in [0.4, 0.5) is 0 Å². The molecule has 1 aromatic carbocycles. The highest BCUT2D eigenvalue weighted by molar-refractivity contribution is 7.91. The monoisotopic (exact) mass is 305 g/mol. The zero-order valence-corrected chi connectivity index (χ0v) is 13.6. The Balaban J connectivity index is 2.25. The van der Waals surface area contributed by atoms with Crippen LogP contribution < -0.4 is 0 Å². The summed E-state index contributed by atoms with van der Waals surface area (Å²) in [7, 11) is -3.28. The SMILES string of the molecule is Cc1cc(C)cc(CS(=O)(=O)C2CCCCCC2C#N)c1. The van der Waals surface area contributed by atoms with Gasteiger partial charge in [0.25, 0.3) is 0 Å². The molecular weight excluding hydrogens is 282 g/mol. The molecule has 2 unspecified atom stereocenters.